The largest absolute Gasteiger partial charge is 0 e. The van der Waals surface area contributed by atoms with Crippen LogP contribution in [-0.2, 0) is 31.3 Å². The molecule has 4 nitrogen and oxygen atoms in total. The molecule has 2 aromatic heterocycles. The summed E-state index contributed by atoms with van der Waals surface area (Å²) in [7, 11) is 0. The zero-order valence-corrected chi connectivity index (χ0v) is 28.2. The number of aliphatic hydroxyl groups is 1. The van der Waals surface area contributed by atoms with Crippen molar-refractivity contribution in [2.75, 3.05) is 0 Å². The molecule has 5 rings (SSSR count). The number of allylic oxidation sites excluding steroid dienone is 2. The van der Waals surface area contributed by atoms with Crippen molar-refractivity contribution >= 4 is 56.2 Å². The number of rotatable bonds is 5. The van der Waals surface area contributed by atoms with Crippen molar-refractivity contribution in [3.05, 3.63) is 84.3 Å². The fraction of sp³-hybridized carbons (Fsp3) is 0.273. The Morgan fingerprint density at radius 3 is 2.28 bits per heavy atom. The van der Waals surface area contributed by atoms with Gasteiger partial charge in [-0.1, -0.05) is 0 Å². The van der Waals surface area contributed by atoms with Crippen molar-refractivity contribution < 1.29 is 34.4 Å². The summed E-state index contributed by atoms with van der Waals surface area (Å²) in [5.74, 6) is 7.76. The van der Waals surface area contributed by atoms with Gasteiger partial charge in [0, 0.05) is 26.2 Å². The number of hydrogen-bond acceptors (Lipinski definition) is 4. The maximum atomic E-state index is 10.0. The summed E-state index contributed by atoms with van der Waals surface area (Å²) < 4.78 is 8.00. The first kappa shape index (κ1) is 30.8. The second kappa shape index (κ2) is 12.6. The van der Waals surface area contributed by atoms with Gasteiger partial charge >= 0.3 is 187 Å². The number of hydrogen-bond donors (Lipinski definition) is 1. The SMILES string of the molecule is CC(=O)/C=C(/C)O.CC(C)Cc1cc(-c2nccc3c2oc2[c]([Ge]([CH3])([CH3])[CH3])cccc23)[c-]c2ccccc12.[Ir]. The molecule has 0 spiro atoms. The zero-order valence-electron chi connectivity index (χ0n) is 23.7. The van der Waals surface area contributed by atoms with Crippen LogP contribution in [0.15, 0.2) is 77.0 Å². The van der Waals surface area contributed by atoms with Crippen LogP contribution in [0.2, 0.25) is 17.3 Å². The molecule has 0 unspecified atom stereocenters. The molecule has 0 saturated heterocycles. The Morgan fingerprint density at radius 1 is 1.00 bits per heavy atom. The van der Waals surface area contributed by atoms with Crippen molar-refractivity contribution in [3.8, 4) is 11.3 Å². The number of pyridine rings is 1. The van der Waals surface area contributed by atoms with Crippen LogP contribution in [0.3, 0.4) is 0 Å². The molecule has 205 valence electrons. The van der Waals surface area contributed by atoms with Crippen LogP contribution in [0.5, 0.6) is 0 Å². The quantitative estimate of drug-likeness (QED) is 0.0847. The normalized spacial score (nSPS) is 11.9. The van der Waals surface area contributed by atoms with Gasteiger partial charge in [-0.3, -0.25) is 4.79 Å². The van der Waals surface area contributed by atoms with Crippen LogP contribution >= 0.6 is 0 Å². The van der Waals surface area contributed by atoms with Gasteiger partial charge in [-0.05, 0) is 13.8 Å². The molecule has 3 aromatic carbocycles. The van der Waals surface area contributed by atoms with E-state index in [1.54, 1.807) is 0 Å². The maximum Gasteiger partial charge on any atom is 0 e. The number of furan rings is 1. The molecule has 1 N–H and O–H groups in total. The molecule has 0 amide bonds. The minimum absolute atomic E-state index is 0. The zero-order chi connectivity index (χ0) is 27.6. The Bertz CT molecular complexity index is 1660. The number of ketones is 1. The first-order valence-corrected chi connectivity index (χ1v) is 20.4. The van der Waals surface area contributed by atoms with E-state index >= 15 is 0 Å². The van der Waals surface area contributed by atoms with Crippen molar-refractivity contribution in [1.82, 2.24) is 4.98 Å². The van der Waals surface area contributed by atoms with E-state index < -0.39 is 13.3 Å². The van der Waals surface area contributed by atoms with E-state index in [1.807, 2.05) is 6.20 Å². The molecule has 0 atom stereocenters. The predicted molar refractivity (Wildman–Crippen MR) is 162 cm³/mol. The van der Waals surface area contributed by atoms with Crippen LogP contribution in [0.1, 0.15) is 33.3 Å². The van der Waals surface area contributed by atoms with Crippen molar-refractivity contribution in [2.24, 2.45) is 5.92 Å². The van der Waals surface area contributed by atoms with E-state index in [-0.39, 0.29) is 31.6 Å². The van der Waals surface area contributed by atoms with E-state index in [0.717, 1.165) is 39.6 Å². The first-order valence-electron chi connectivity index (χ1n) is 13.1. The number of carbonyl (C=O) groups excluding carboxylic acids is 1. The van der Waals surface area contributed by atoms with Crippen LogP contribution in [0, 0.1) is 12.0 Å². The summed E-state index contributed by atoms with van der Waals surface area (Å²) in [5.41, 5.74) is 5.16. The third kappa shape index (κ3) is 7.08. The monoisotopic (exact) mass is 761 g/mol. The molecule has 0 aliphatic heterocycles. The second-order valence-corrected chi connectivity index (χ2v) is 21.9. The van der Waals surface area contributed by atoms with Crippen LogP contribution in [-0.4, -0.2) is 29.1 Å². The van der Waals surface area contributed by atoms with Crippen LogP contribution in [0.25, 0.3) is 44.0 Å². The third-order valence-electron chi connectivity index (χ3n) is 6.38. The summed E-state index contributed by atoms with van der Waals surface area (Å²) in [6, 6.07) is 23.1. The average Bonchev–Trinajstić information content (AvgIpc) is 3.21. The van der Waals surface area contributed by atoms with E-state index in [1.165, 1.54) is 40.7 Å². The Hall–Kier alpha value is -2.73. The number of benzene rings is 3. The molecule has 1 radical (unpaired) electrons. The van der Waals surface area contributed by atoms with Gasteiger partial charge in [-0.2, -0.15) is 0 Å². The molecular weight excluding hydrogens is 723 g/mol. The fourth-order valence-electron chi connectivity index (χ4n) is 4.84. The Labute approximate surface area is 247 Å². The molecule has 5 aromatic rings. The van der Waals surface area contributed by atoms with E-state index in [9.17, 15) is 4.79 Å². The predicted octanol–water partition coefficient (Wildman–Crippen LogP) is 8.38. The van der Waals surface area contributed by atoms with Gasteiger partial charge in [0.25, 0.3) is 0 Å². The first-order chi connectivity index (χ1) is 18.0. The van der Waals surface area contributed by atoms with Gasteiger partial charge in [0.05, 0.1) is 5.76 Å². The Balaban J connectivity index is 0.000000468. The molecule has 2 heterocycles. The Kier molecular flexibility index (Phi) is 9.98. The van der Waals surface area contributed by atoms with Gasteiger partial charge in [0.2, 0.25) is 0 Å². The van der Waals surface area contributed by atoms with Crippen molar-refractivity contribution in [1.29, 1.82) is 0 Å². The number of aromatic nitrogens is 1. The summed E-state index contributed by atoms with van der Waals surface area (Å²) in [5, 5.41) is 13.1. The van der Waals surface area contributed by atoms with Crippen molar-refractivity contribution in [3.63, 3.8) is 0 Å². The minimum atomic E-state index is -2.08. The van der Waals surface area contributed by atoms with Gasteiger partial charge in [0.1, 0.15) is 0 Å². The number of fused-ring (bicyclic) bond motifs is 4. The van der Waals surface area contributed by atoms with Gasteiger partial charge in [-0.15, -0.1) is 0 Å². The topological polar surface area (TPSA) is 63.3 Å². The van der Waals surface area contributed by atoms with Gasteiger partial charge in [0.15, 0.2) is 5.78 Å². The summed E-state index contributed by atoms with van der Waals surface area (Å²) in [4.78, 5) is 14.8. The average molecular weight is 759 g/mol. The number of nitrogens with zero attached hydrogens (tertiary/aromatic N) is 1. The molecule has 0 aliphatic carbocycles. The molecule has 0 fully saturated rings. The Morgan fingerprint density at radius 2 is 1.67 bits per heavy atom. The van der Waals surface area contributed by atoms with E-state index in [2.05, 4.69) is 91.8 Å². The standard InChI is InChI=1S/C28H28GeNO.C5H8O2.Ir/c1-18(2)15-20-17-21(16-19-9-6-7-10-22(19)20)26-28-24(13-14-30-26)23-11-8-12-25(27(23)31-28)29(3,4)5;1-4(6)3-5(2)7;/h6-14,17-18H,15H2,1-5H3;3,6H,1-2H3;/q-1;;/b;4-3-;. The smallest absolute Gasteiger partial charge is 0 e. The number of para-hydroxylation sites is 1. The molecule has 0 bridgehead atoms. The van der Waals surface area contributed by atoms with Crippen molar-refractivity contribution in [2.45, 2.75) is 51.4 Å². The number of aliphatic hydroxyl groups excluding tert-OH is 1. The number of carbonyl (C=O) groups is 1. The van der Waals surface area contributed by atoms with Gasteiger partial charge in [-0.25, -0.2) is 0 Å². The molecular formula is C33H36GeIrNO3-. The third-order valence-corrected chi connectivity index (χ3v) is 10.6. The van der Waals surface area contributed by atoms with E-state index in [4.69, 9.17) is 14.5 Å². The van der Waals surface area contributed by atoms with Crippen LogP contribution < -0.4 is 4.40 Å². The fourth-order valence-corrected chi connectivity index (χ4v) is 7.91. The van der Waals surface area contributed by atoms with Crippen LogP contribution in [0.4, 0.5) is 0 Å². The summed E-state index contributed by atoms with van der Waals surface area (Å²) >= 11 is -2.08. The minimum Gasteiger partial charge on any atom is 0 e. The molecule has 0 saturated carbocycles. The molecule has 39 heavy (non-hydrogen) atoms. The second-order valence-electron chi connectivity index (χ2n) is 11.3. The summed E-state index contributed by atoms with van der Waals surface area (Å²) in [6.07, 6.45) is 4.10. The molecule has 0 aliphatic rings. The summed E-state index contributed by atoms with van der Waals surface area (Å²) in [6.45, 7) is 7.38. The van der Waals surface area contributed by atoms with Gasteiger partial charge < -0.3 is 5.11 Å². The molecule has 6 heteroatoms. The maximum absolute atomic E-state index is 10.0. The van der Waals surface area contributed by atoms with E-state index in [0.29, 0.717) is 5.92 Å².